The standard InChI is InChI=1S/C26H27N5O2S/c1-4-18-8-6-9-19(5-2)24(18)31-25(20-10-7-15-27-16-20)29-30-26(31)34-17-23(32)28-21-11-13-22(33-3)14-12-21/h6-16H,4-5,17H2,1-3H3,(H,28,32). The predicted molar refractivity (Wildman–Crippen MR) is 136 cm³/mol. The lowest BCUT2D eigenvalue weighted by molar-refractivity contribution is -0.113. The lowest BCUT2D eigenvalue weighted by Gasteiger charge is -2.18. The molecule has 4 aromatic rings. The van der Waals surface area contributed by atoms with Crippen LogP contribution in [0.1, 0.15) is 25.0 Å². The fraction of sp³-hybridized carbons (Fsp3) is 0.231. The third-order valence-electron chi connectivity index (χ3n) is 5.45. The topological polar surface area (TPSA) is 81.9 Å². The molecule has 0 bridgehead atoms. The molecular weight excluding hydrogens is 446 g/mol. The SMILES string of the molecule is CCc1cccc(CC)c1-n1c(SCC(=O)Nc2ccc(OC)cc2)nnc1-c1cccnc1. The van der Waals surface area contributed by atoms with Crippen LogP contribution in [0.2, 0.25) is 0 Å². The number of aromatic nitrogens is 4. The number of anilines is 1. The Hall–Kier alpha value is -3.65. The van der Waals surface area contributed by atoms with Gasteiger partial charge in [0.1, 0.15) is 5.75 Å². The van der Waals surface area contributed by atoms with Crippen LogP contribution in [0, 0.1) is 0 Å². The predicted octanol–water partition coefficient (Wildman–Crippen LogP) is 5.19. The van der Waals surface area contributed by atoms with Crippen LogP contribution in [0.3, 0.4) is 0 Å². The van der Waals surface area contributed by atoms with Gasteiger partial charge in [0.15, 0.2) is 11.0 Å². The molecule has 0 radical (unpaired) electrons. The number of benzene rings is 2. The average Bonchev–Trinajstić information content (AvgIpc) is 3.31. The van der Waals surface area contributed by atoms with Crippen LogP contribution in [0.15, 0.2) is 72.1 Å². The van der Waals surface area contributed by atoms with E-state index >= 15 is 0 Å². The summed E-state index contributed by atoms with van der Waals surface area (Å²) in [7, 11) is 1.61. The minimum atomic E-state index is -0.118. The van der Waals surface area contributed by atoms with Gasteiger partial charge in [0.2, 0.25) is 5.91 Å². The molecule has 0 aliphatic heterocycles. The molecule has 2 heterocycles. The van der Waals surface area contributed by atoms with Crippen molar-refractivity contribution >= 4 is 23.4 Å². The van der Waals surface area contributed by atoms with Crippen LogP contribution in [-0.2, 0) is 17.6 Å². The number of pyridine rings is 1. The maximum Gasteiger partial charge on any atom is 0.234 e. The molecule has 8 heteroatoms. The average molecular weight is 474 g/mol. The molecular formula is C26H27N5O2S. The number of rotatable bonds is 9. The van der Waals surface area contributed by atoms with Gasteiger partial charge in [-0.15, -0.1) is 10.2 Å². The number of methoxy groups -OCH3 is 1. The van der Waals surface area contributed by atoms with Crippen LogP contribution < -0.4 is 10.1 Å². The molecule has 34 heavy (non-hydrogen) atoms. The van der Waals surface area contributed by atoms with Gasteiger partial charge in [0.25, 0.3) is 0 Å². The van der Waals surface area contributed by atoms with Crippen LogP contribution >= 0.6 is 11.8 Å². The van der Waals surface area contributed by atoms with E-state index in [4.69, 9.17) is 4.74 Å². The van der Waals surface area contributed by atoms with Crippen molar-refractivity contribution in [3.8, 4) is 22.8 Å². The van der Waals surface area contributed by atoms with Crippen molar-refractivity contribution in [2.75, 3.05) is 18.2 Å². The summed E-state index contributed by atoms with van der Waals surface area (Å²) in [4.78, 5) is 16.9. The van der Waals surface area contributed by atoms with Crippen molar-refractivity contribution in [3.63, 3.8) is 0 Å². The maximum atomic E-state index is 12.7. The Labute approximate surface area is 203 Å². The van der Waals surface area contributed by atoms with Crippen molar-refractivity contribution in [2.45, 2.75) is 31.8 Å². The molecule has 4 rings (SSSR count). The number of nitrogens with zero attached hydrogens (tertiary/aromatic N) is 4. The van der Waals surface area contributed by atoms with E-state index in [0.717, 1.165) is 29.8 Å². The minimum Gasteiger partial charge on any atom is -0.497 e. The van der Waals surface area contributed by atoms with Gasteiger partial charge in [-0.1, -0.05) is 43.8 Å². The third-order valence-corrected chi connectivity index (χ3v) is 6.38. The summed E-state index contributed by atoms with van der Waals surface area (Å²) in [5.41, 5.74) is 5.07. The number of ether oxygens (including phenoxy) is 1. The highest BCUT2D eigenvalue weighted by Gasteiger charge is 2.21. The first-order valence-electron chi connectivity index (χ1n) is 11.2. The van der Waals surface area contributed by atoms with E-state index in [-0.39, 0.29) is 11.7 Å². The minimum absolute atomic E-state index is 0.118. The third kappa shape index (κ3) is 5.12. The summed E-state index contributed by atoms with van der Waals surface area (Å²) in [6.45, 7) is 4.28. The summed E-state index contributed by atoms with van der Waals surface area (Å²) in [6.07, 6.45) is 5.26. The van der Waals surface area contributed by atoms with E-state index in [1.165, 1.54) is 22.9 Å². The quantitative estimate of drug-likeness (QED) is 0.337. The summed E-state index contributed by atoms with van der Waals surface area (Å²) < 4.78 is 7.24. The highest BCUT2D eigenvalue weighted by Crippen LogP contribution is 2.32. The number of para-hydroxylation sites is 1. The molecule has 0 atom stereocenters. The highest BCUT2D eigenvalue weighted by atomic mass is 32.2. The number of hydrogen-bond acceptors (Lipinski definition) is 6. The van der Waals surface area contributed by atoms with E-state index < -0.39 is 0 Å². The summed E-state index contributed by atoms with van der Waals surface area (Å²) in [6, 6.07) is 17.5. The van der Waals surface area contributed by atoms with Crippen molar-refractivity contribution in [1.82, 2.24) is 19.7 Å². The fourth-order valence-corrected chi connectivity index (χ4v) is 4.49. The second-order valence-electron chi connectivity index (χ2n) is 7.58. The fourth-order valence-electron chi connectivity index (χ4n) is 3.75. The number of nitrogens with one attached hydrogen (secondary N) is 1. The number of carbonyl (C=O) groups excluding carboxylic acids is 1. The molecule has 0 unspecified atom stereocenters. The van der Waals surface area contributed by atoms with Crippen molar-refractivity contribution < 1.29 is 9.53 Å². The second kappa shape index (κ2) is 11.0. The number of carbonyl (C=O) groups is 1. The first-order valence-corrected chi connectivity index (χ1v) is 12.2. The van der Waals surface area contributed by atoms with Gasteiger partial charge in [-0.25, -0.2) is 0 Å². The van der Waals surface area contributed by atoms with Gasteiger partial charge in [0.05, 0.1) is 18.6 Å². The summed E-state index contributed by atoms with van der Waals surface area (Å²) >= 11 is 1.36. The lowest BCUT2D eigenvalue weighted by Crippen LogP contribution is -2.15. The lowest BCUT2D eigenvalue weighted by atomic mass is 10.0. The van der Waals surface area contributed by atoms with E-state index in [9.17, 15) is 4.79 Å². The number of hydrogen-bond donors (Lipinski definition) is 1. The molecule has 0 spiro atoms. The van der Waals surface area contributed by atoms with Crippen LogP contribution in [0.5, 0.6) is 5.75 Å². The normalized spacial score (nSPS) is 10.8. The number of amides is 1. The molecule has 0 saturated heterocycles. The van der Waals surface area contributed by atoms with Gasteiger partial charge in [-0.05, 0) is 60.4 Å². The highest BCUT2D eigenvalue weighted by molar-refractivity contribution is 7.99. The smallest absolute Gasteiger partial charge is 0.234 e. The molecule has 7 nitrogen and oxygen atoms in total. The molecule has 0 aliphatic rings. The molecule has 0 fully saturated rings. The van der Waals surface area contributed by atoms with E-state index in [1.54, 1.807) is 19.5 Å². The van der Waals surface area contributed by atoms with Crippen molar-refractivity contribution in [1.29, 1.82) is 0 Å². The van der Waals surface area contributed by atoms with E-state index in [2.05, 4.69) is 57.1 Å². The van der Waals surface area contributed by atoms with Crippen molar-refractivity contribution in [2.24, 2.45) is 0 Å². The molecule has 2 aromatic heterocycles. The maximum absolute atomic E-state index is 12.7. The van der Waals surface area contributed by atoms with Crippen molar-refractivity contribution in [3.05, 3.63) is 78.1 Å². The van der Waals surface area contributed by atoms with Crippen LogP contribution in [-0.4, -0.2) is 38.5 Å². The first-order chi connectivity index (χ1) is 16.6. The second-order valence-corrected chi connectivity index (χ2v) is 8.52. The van der Waals surface area contributed by atoms with Gasteiger partial charge >= 0.3 is 0 Å². The molecule has 1 amide bonds. The zero-order valence-corrected chi connectivity index (χ0v) is 20.3. The largest absolute Gasteiger partial charge is 0.497 e. The van der Waals surface area contributed by atoms with Crippen LogP contribution in [0.4, 0.5) is 5.69 Å². The molecule has 174 valence electrons. The van der Waals surface area contributed by atoms with E-state index in [0.29, 0.717) is 16.7 Å². The molecule has 0 aliphatic carbocycles. The van der Waals surface area contributed by atoms with Gasteiger partial charge in [0, 0.05) is 23.6 Å². The zero-order chi connectivity index (χ0) is 23.9. The molecule has 1 N–H and O–H groups in total. The summed E-state index contributed by atoms with van der Waals surface area (Å²) in [5.74, 6) is 1.53. The Balaban J connectivity index is 1.66. The number of aryl methyl sites for hydroxylation is 2. The van der Waals surface area contributed by atoms with Gasteiger partial charge < -0.3 is 10.1 Å². The van der Waals surface area contributed by atoms with Gasteiger partial charge in [-0.2, -0.15) is 0 Å². The number of thioether (sulfide) groups is 1. The van der Waals surface area contributed by atoms with Crippen LogP contribution in [0.25, 0.3) is 17.1 Å². The van der Waals surface area contributed by atoms with E-state index in [1.807, 2.05) is 36.4 Å². The first kappa shape index (κ1) is 23.5. The zero-order valence-electron chi connectivity index (χ0n) is 19.5. The Morgan fingerprint density at radius 3 is 2.35 bits per heavy atom. The Kier molecular flexibility index (Phi) is 7.59. The summed E-state index contributed by atoms with van der Waals surface area (Å²) in [5, 5.41) is 12.6. The monoisotopic (exact) mass is 473 g/mol. The molecule has 0 saturated carbocycles. The Morgan fingerprint density at radius 2 is 1.74 bits per heavy atom. The molecule has 2 aromatic carbocycles. The van der Waals surface area contributed by atoms with Gasteiger partial charge in [-0.3, -0.25) is 14.3 Å². The Bertz CT molecular complexity index is 1230. The Morgan fingerprint density at radius 1 is 1.00 bits per heavy atom.